The van der Waals surface area contributed by atoms with E-state index in [4.69, 9.17) is 18.0 Å². The van der Waals surface area contributed by atoms with Crippen molar-refractivity contribution < 1.29 is 0 Å². The molecule has 0 aliphatic heterocycles. The van der Waals surface area contributed by atoms with Gasteiger partial charge in [0.2, 0.25) is 0 Å². The molecule has 100 valence electrons. The summed E-state index contributed by atoms with van der Waals surface area (Å²) in [5, 5.41) is 7.99. The maximum atomic E-state index is 5.80. The van der Waals surface area contributed by atoms with Crippen molar-refractivity contribution in [3.05, 3.63) is 11.3 Å². The van der Waals surface area contributed by atoms with Crippen molar-refractivity contribution >= 4 is 23.0 Å². The molecule has 2 unspecified atom stereocenters. The summed E-state index contributed by atoms with van der Waals surface area (Å²) in [6, 6.07) is 0.511. The largest absolute Gasteiger partial charge is 0.389 e. The first kappa shape index (κ1) is 13.3. The molecule has 4 nitrogen and oxygen atoms in total. The van der Waals surface area contributed by atoms with Gasteiger partial charge in [0.1, 0.15) is 10.8 Å². The lowest BCUT2D eigenvalue weighted by Crippen LogP contribution is -2.28. The Morgan fingerprint density at radius 2 is 2.22 bits per heavy atom. The predicted molar refractivity (Wildman–Crippen MR) is 78.9 cm³/mol. The van der Waals surface area contributed by atoms with E-state index in [1.54, 1.807) is 0 Å². The molecule has 5 heteroatoms. The quantitative estimate of drug-likeness (QED) is 0.825. The molecule has 18 heavy (non-hydrogen) atoms. The van der Waals surface area contributed by atoms with E-state index in [1.807, 2.05) is 18.7 Å². The first-order chi connectivity index (χ1) is 8.49. The van der Waals surface area contributed by atoms with Gasteiger partial charge in [-0.1, -0.05) is 32.0 Å². The minimum absolute atomic E-state index is 0.423. The highest BCUT2D eigenvalue weighted by molar-refractivity contribution is 7.80. The minimum atomic E-state index is 0.423. The lowest BCUT2D eigenvalue weighted by atomic mass is 9.87. The third-order valence-electron chi connectivity index (χ3n) is 3.75. The third-order valence-corrected chi connectivity index (χ3v) is 3.95. The number of hydrogen-bond acceptors (Lipinski definition) is 3. The summed E-state index contributed by atoms with van der Waals surface area (Å²) < 4.78 is 1.85. The van der Waals surface area contributed by atoms with Crippen molar-refractivity contribution in [2.45, 2.75) is 45.6 Å². The molecule has 0 amide bonds. The van der Waals surface area contributed by atoms with Gasteiger partial charge in [-0.15, -0.1) is 0 Å². The van der Waals surface area contributed by atoms with E-state index in [1.165, 1.54) is 25.7 Å². The summed E-state index contributed by atoms with van der Waals surface area (Å²) in [5.74, 6) is 1.76. The average Bonchev–Trinajstić information content (AvgIpc) is 2.53. The zero-order valence-corrected chi connectivity index (χ0v) is 12.2. The van der Waals surface area contributed by atoms with Crippen LogP contribution in [0, 0.1) is 12.8 Å². The number of hydrogen-bond donors (Lipinski definition) is 2. The number of thiocarbonyl (C=S) groups is 1. The maximum absolute atomic E-state index is 5.80. The number of nitrogens with one attached hydrogen (secondary N) is 1. The van der Waals surface area contributed by atoms with Crippen LogP contribution in [0.15, 0.2) is 0 Å². The van der Waals surface area contributed by atoms with Crippen LogP contribution in [-0.4, -0.2) is 20.8 Å². The van der Waals surface area contributed by atoms with Gasteiger partial charge < -0.3 is 11.1 Å². The van der Waals surface area contributed by atoms with Crippen LogP contribution in [0.5, 0.6) is 0 Å². The summed E-state index contributed by atoms with van der Waals surface area (Å²) in [6.07, 6.45) is 5.05. The maximum Gasteiger partial charge on any atom is 0.134 e. The fourth-order valence-electron chi connectivity index (χ4n) is 2.88. The number of rotatable bonds is 3. The molecule has 2 rings (SSSR count). The molecule has 3 N–H and O–H groups in total. The monoisotopic (exact) mass is 266 g/mol. The molecule has 0 saturated heterocycles. The lowest BCUT2D eigenvalue weighted by molar-refractivity contribution is 0.357. The number of aryl methyl sites for hydroxylation is 2. The SMILES string of the molecule is Cc1nn(C)c(NC2CCCC(C)C2)c1C(N)=S. The first-order valence-electron chi connectivity index (χ1n) is 6.59. The van der Waals surface area contributed by atoms with Gasteiger partial charge in [0.05, 0.1) is 11.3 Å². The standard InChI is InChI=1S/C13H22N4S/c1-8-5-4-6-10(7-8)15-13-11(12(14)18)9(2)16-17(13)3/h8,10,15H,4-7H2,1-3H3,(H2,14,18). The van der Waals surface area contributed by atoms with Crippen LogP contribution in [0.4, 0.5) is 5.82 Å². The molecule has 1 aromatic rings. The van der Waals surface area contributed by atoms with Crippen LogP contribution in [0.1, 0.15) is 43.9 Å². The molecular weight excluding hydrogens is 244 g/mol. The van der Waals surface area contributed by atoms with Crippen LogP contribution in [0.25, 0.3) is 0 Å². The van der Waals surface area contributed by atoms with E-state index >= 15 is 0 Å². The zero-order valence-electron chi connectivity index (χ0n) is 11.4. The number of anilines is 1. The molecule has 0 spiro atoms. The van der Waals surface area contributed by atoms with Crippen molar-refractivity contribution in [3.8, 4) is 0 Å². The Hall–Kier alpha value is -1.10. The molecule has 2 atom stereocenters. The number of nitrogens with zero attached hydrogens (tertiary/aromatic N) is 2. The summed E-state index contributed by atoms with van der Waals surface area (Å²) >= 11 is 5.13. The van der Waals surface area contributed by atoms with Crippen molar-refractivity contribution in [1.29, 1.82) is 0 Å². The molecule has 1 heterocycles. The van der Waals surface area contributed by atoms with Crippen LogP contribution >= 0.6 is 12.2 Å². The van der Waals surface area contributed by atoms with E-state index in [9.17, 15) is 0 Å². The second-order valence-electron chi connectivity index (χ2n) is 5.41. The summed E-state index contributed by atoms with van der Waals surface area (Å²) in [7, 11) is 1.93. The molecule has 1 aromatic heterocycles. The zero-order chi connectivity index (χ0) is 13.3. The second-order valence-corrected chi connectivity index (χ2v) is 5.85. The van der Waals surface area contributed by atoms with E-state index in [2.05, 4.69) is 17.3 Å². The van der Waals surface area contributed by atoms with Gasteiger partial charge in [-0.2, -0.15) is 5.10 Å². The lowest BCUT2D eigenvalue weighted by Gasteiger charge is -2.28. The van der Waals surface area contributed by atoms with E-state index in [0.29, 0.717) is 11.0 Å². The number of nitrogens with two attached hydrogens (primary N) is 1. The highest BCUT2D eigenvalue weighted by atomic mass is 32.1. The van der Waals surface area contributed by atoms with Crippen LogP contribution in [0.2, 0.25) is 0 Å². The Balaban J connectivity index is 2.20. The smallest absolute Gasteiger partial charge is 0.134 e. The molecule has 1 saturated carbocycles. The summed E-state index contributed by atoms with van der Waals surface area (Å²) in [5.41, 5.74) is 7.59. The Bertz CT molecular complexity index is 452. The molecule has 1 aliphatic rings. The molecule has 0 radical (unpaired) electrons. The van der Waals surface area contributed by atoms with Gasteiger partial charge in [-0.05, 0) is 25.7 Å². The third kappa shape index (κ3) is 2.66. The average molecular weight is 266 g/mol. The van der Waals surface area contributed by atoms with Gasteiger partial charge in [0.25, 0.3) is 0 Å². The van der Waals surface area contributed by atoms with E-state index in [-0.39, 0.29) is 0 Å². The minimum Gasteiger partial charge on any atom is -0.389 e. The predicted octanol–water partition coefficient (Wildman–Crippen LogP) is 2.35. The fraction of sp³-hybridized carbons (Fsp3) is 0.692. The molecule has 0 bridgehead atoms. The van der Waals surface area contributed by atoms with Crippen molar-refractivity contribution in [2.24, 2.45) is 18.7 Å². The Labute approximate surface area is 114 Å². The normalized spacial score (nSPS) is 23.9. The highest BCUT2D eigenvalue weighted by Gasteiger charge is 2.22. The van der Waals surface area contributed by atoms with Crippen LogP contribution < -0.4 is 11.1 Å². The van der Waals surface area contributed by atoms with Crippen LogP contribution in [-0.2, 0) is 7.05 Å². The van der Waals surface area contributed by atoms with Crippen molar-refractivity contribution in [1.82, 2.24) is 9.78 Å². The number of aromatic nitrogens is 2. The molecule has 1 fully saturated rings. The van der Waals surface area contributed by atoms with Crippen LogP contribution in [0.3, 0.4) is 0 Å². The Morgan fingerprint density at radius 1 is 1.50 bits per heavy atom. The summed E-state index contributed by atoms with van der Waals surface area (Å²) in [6.45, 7) is 4.26. The van der Waals surface area contributed by atoms with Gasteiger partial charge in [0, 0.05) is 13.1 Å². The van der Waals surface area contributed by atoms with Gasteiger partial charge in [0.15, 0.2) is 0 Å². The summed E-state index contributed by atoms with van der Waals surface area (Å²) in [4.78, 5) is 0.423. The topological polar surface area (TPSA) is 55.9 Å². The van der Waals surface area contributed by atoms with Gasteiger partial charge >= 0.3 is 0 Å². The molecule has 0 aromatic carbocycles. The highest BCUT2D eigenvalue weighted by Crippen LogP contribution is 2.28. The molecule has 1 aliphatic carbocycles. The first-order valence-corrected chi connectivity index (χ1v) is 6.99. The Morgan fingerprint density at radius 3 is 2.83 bits per heavy atom. The fourth-order valence-corrected chi connectivity index (χ4v) is 3.12. The Kier molecular flexibility index (Phi) is 3.90. The van der Waals surface area contributed by atoms with E-state index in [0.717, 1.165) is 23.0 Å². The second kappa shape index (κ2) is 5.26. The van der Waals surface area contributed by atoms with E-state index < -0.39 is 0 Å². The molecular formula is C13H22N4S. The van der Waals surface area contributed by atoms with Gasteiger partial charge in [-0.3, -0.25) is 4.68 Å². The van der Waals surface area contributed by atoms with Crippen molar-refractivity contribution in [2.75, 3.05) is 5.32 Å². The van der Waals surface area contributed by atoms with Gasteiger partial charge in [-0.25, -0.2) is 0 Å². The van der Waals surface area contributed by atoms with Crippen molar-refractivity contribution in [3.63, 3.8) is 0 Å².